The molecular formula is C14H27NO. The topological polar surface area (TPSA) is 23.5 Å². The molecule has 2 nitrogen and oxygen atoms in total. The third-order valence-corrected chi connectivity index (χ3v) is 4.75. The lowest BCUT2D eigenvalue weighted by molar-refractivity contribution is -0.0284. The van der Waals surface area contributed by atoms with Crippen LogP contribution in [-0.2, 0) is 0 Å². The molecule has 0 spiro atoms. The minimum Gasteiger partial charge on any atom is -0.378 e. The van der Waals surface area contributed by atoms with Crippen molar-refractivity contribution >= 4 is 0 Å². The second-order valence-electron chi connectivity index (χ2n) is 5.87. The van der Waals surface area contributed by atoms with E-state index in [4.69, 9.17) is 0 Å². The number of rotatable bonds is 1. The van der Waals surface area contributed by atoms with E-state index in [1.807, 2.05) is 0 Å². The van der Waals surface area contributed by atoms with Crippen molar-refractivity contribution in [2.45, 2.75) is 58.6 Å². The van der Waals surface area contributed by atoms with Crippen molar-refractivity contribution in [3.05, 3.63) is 0 Å². The predicted octanol–water partition coefficient (Wildman–Crippen LogP) is 2.86. The highest BCUT2D eigenvalue weighted by molar-refractivity contribution is 4.84. The van der Waals surface area contributed by atoms with Crippen LogP contribution in [0.3, 0.4) is 0 Å². The van der Waals surface area contributed by atoms with Crippen LogP contribution in [0.15, 0.2) is 0 Å². The van der Waals surface area contributed by atoms with Crippen LogP contribution in [0, 0.1) is 17.8 Å². The summed E-state index contributed by atoms with van der Waals surface area (Å²) in [6.07, 6.45) is 8.08. The summed E-state index contributed by atoms with van der Waals surface area (Å²) >= 11 is 0. The van der Waals surface area contributed by atoms with E-state index in [0.717, 1.165) is 24.9 Å². The van der Waals surface area contributed by atoms with Gasteiger partial charge in [-0.3, -0.25) is 4.90 Å². The van der Waals surface area contributed by atoms with E-state index in [2.05, 4.69) is 18.7 Å². The summed E-state index contributed by atoms with van der Waals surface area (Å²) in [6.45, 7) is 6.52. The first kappa shape index (κ1) is 12.4. The Labute approximate surface area is 100 Å². The molecule has 2 heteroatoms. The Morgan fingerprint density at radius 2 is 1.81 bits per heavy atom. The molecule has 0 amide bonds. The van der Waals surface area contributed by atoms with Crippen LogP contribution in [0.2, 0.25) is 0 Å². The molecule has 1 saturated carbocycles. The molecule has 1 aliphatic carbocycles. The molecule has 1 aliphatic heterocycles. The van der Waals surface area contributed by atoms with Gasteiger partial charge in [0.25, 0.3) is 0 Å². The summed E-state index contributed by atoms with van der Waals surface area (Å²) in [7, 11) is 0. The van der Waals surface area contributed by atoms with Gasteiger partial charge in [0.1, 0.15) is 6.23 Å². The van der Waals surface area contributed by atoms with Gasteiger partial charge in [0.2, 0.25) is 0 Å². The molecule has 1 heterocycles. The predicted molar refractivity (Wildman–Crippen MR) is 67.1 cm³/mol. The smallest absolute Gasteiger partial charge is 0.109 e. The monoisotopic (exact) mass is 225 g/mol. The van der Waals surface area contributed by atoms with Crippen LogP contribution >= 0.6 is 0 Å². The van der Waals surface area contributed by atoms with Crippen LogP contribution in [0.25, 0.3) is 0 Å². The van der Waals surface area contributed by atoms with Crippen molar-refractivity contribution in [1.29, 1.82) is 0 Å². The van der Waals surface area contributed by atoms with Gasteiger partial charge in [-0.2, -0.15) is 0 Å². The number of hydrogen-bond donors (Lipinski definition) is 1. The summed E-state index contributed by atoms with van der Waals surface area (Å²) in [6, 6.07) is 0. The van der Waals surface area contributed by atoms with E-state index >= 15 is 0 Å². The molecule has 2 rings (SSSR count). The summed E-state index contributed by atoms with van der Waals surface area (Å²) in [5.41, 5.74) is 0. The quantitative estimate of drug-likeness (QED) is 0.742. The Bertz CT molecular complexity index is 219. The number of hydrogen-bond acceptors (Lipinski definition) is 2. The molecule has 94 valence electrons. The highest BCUT2D eigenvalue weighted by Crippen LogP contribution is 2.37. The maximum Gasteiger partial charge on any atom is 0.109 e. The van der Waals surface area contributed by atoms with Crippen molar-refractivity contribution < 1.29 is 5.11 Å². The lowest BCUT2D eigenvalue weighted by Crippen LogP contribution is -2.40. The maximum atomic E-state index is 10.3. The number of fused-ring (bicyclic) bond motifs is 1. The van der Waals surface area contributed by atoms with Crippen molar-refractivity contribution in [1.82, 2.24) is 4.90 Å². The van der Waals surface area contributed by atoms with Crippen LogP contribution in [0.1, 0.15) is 52.4 Å². The molecule has 4 atom stereocenters. The van der Waals surface area contributed by atoms with Crippen LogP contribution in [-0.4, -0.2) is 29.3 Å². The van der Waals surface area contributed by atoms with Crippen molar-refractivity contribution in [3.8, 4) is 0 Å². The molecule has 16 heavy (non-hydrogen) atoms. The Hall–Kier alpha value is -0.0800. The van der Waals surface area contributed by atoms with E-state index in [1.165, 1.54) is 38.5 Å². The summed E-state index contributed by atoms with van der Waals surface area (Å²) in [4.78, 5) is 2.29. The Balaban J connectivity index is 2.09. The number of nitrogens with zero attached hydrogens (tertiary/aromatic N) is 1. The third kappa shape index (κ3) is 2.60. The van der Waals surface area contributed by atoms with Gasteiger partial charge in [-0.05, 0) is 37.1 Å². The van der Waals surface area contributed by atoms with Crippen LogP contribution in [0.4, 0.5) is 0 Å². The molecule has 0 aromatic rings. The average molecular weight is 225 g/mol. The first-order valence-corrected chi connectivity index (χ1v) is 7.14. The first-order chi connectivity index (χ1) is 7.72. The molecule has 2 fully saturated rings. The standard InChI is InChI=1S/C14H27NO/c1-3-15-10-13-8-6-4-5-7-12(13)9-11(2)14(15)16/h11-14,16H,3-10H2,1-2H3. The van der Waals surface area contributed by atoms with Crippen LogP contribution < -0.4 is 0 Å². The largest absolute Gasteiger partial charge is 0.378 e. The van der Waals surface area contributed by atoms with Gasteiger partial charge in [0, 0.05) is 6.54 Å². The van der Waals surface area contributed by atoms with E-state index in [-0.39, 0.29) is 6.23 Å². The fourth-order valence-corrected chi connectivity index (χ4v) is 3.70. The van der Waals surface area contributed by atoms with Gasteiger partial charge in [-0.1, -0.05) is 39.5 Å². The lowest BCUT2D eigenvalue weighted by atomic mass is 9.83. The molecule has 0 radical (unpaired) electrons. The molecule has 1 N–H and O–H groups in total. The first-order valence-electron chi connectivity index (χ1n) is 7.14. The summed E-state index contributed by atoms with van der Waals surface area (Å²) in [5.74, 6) is 2.18. The summed E-state index contributed by atoms with van der Waals surface area (Å²) in [5, 5.41) is 10.3. The molecule has 4 unspecified atom stereocenters. The van der Waals surface area contributed by atoms with E-state index < -0.39 is 0 Å². The highest BCUT2D eigenvalue weighted by atomic mass is 16.3. The molecule has 2 aliphatic rings. The molecule has 1 saturated heterocycles. The minimum atomic E-state index is -0.197. The summed E-state index contributed by atoms with van der Waals surface area (Å²) < 4.78 is 0. The number of aliphatic hydroxyl groups is 1. The van der Waals surface area contributed by atoms with E-state index in [0.29, 0.717) is 5.92 Å². The second-order valence-corrected chi connectivity index (χ2v) is 5.87. The van der Waals surface area contributed by atoms with Gasteiger partial charge < -0.3 is 5.11 Å². The van der Waals surface area contributed by atoms with E-state index in [1.54, 1.807) is 0 Å². The Morgan fingerprint density at radius 1 is 1.12 bits per heavy atom. The number of likely N-dealkylation sites (tertiary alicyclic amines) is 1. The van der Waals surface area contributed by atoms with Gasteiger partial charge >= 0.3 is 0 Å². The zero-order valence-electron chi connectivity index (χ0n) is 10.9. The van der Waals surface area contributed by atoms with Gasteiger partial charge in [-0.25, -0.2) is 0 Å². The zero-order chi connectivity index (χ0) is 11.5. The fourth-order valence-electron chi connectivity index (χ4n) is 3.70. The maximum absolute atomic E-state index is 10.3. The second kappa shape index (κ2) is 5.50. The zero-order valence-corrected chi connectivity index (χ0v) is 10.9. The third-order valence-electron chi connectivity index (χ3n) is 4.75. The SMILES string of the molecule is CCN1CC2CCCCCC2CC(C)C1O. The molecule has 0 bridgehead atoms. The fraction of sp³-hybridized carbons (Fsp3) is 1.00. The van der Waals surface area contributed by atoms with E-state index in [9.17, 15) is 5.11 Å². The lowest BCUT2D eigenvalue weighted by Gasteiger charge is -2.29. The van der Waals surface area contributed by atoms with Crippen molar-refractivity contribution in [2.24, 2.45) is 17.8 Å². The highest BCUT2D eigenvalue weighted by Gasteiger charge is 2.34. The van der Waals surface area contributed by atoms with Gasteiger partial charge in [0.15, 0.2) is 0 Å². The van der Waals surface area contributed by atoms with Crippen molar-refractivity contribution in [2.75, 3.05) is 13.1 Å². The Morgan fingerprint density at radius 3 is 2.50 bits per heavy atom. The normalized spacial score (nSPS) is 42.2. The Kier molecular flexibility index (Phi) is 4.26. The van der Waals surface area contributed by atoms with Gasteiger partial charge in [-0.15, -0.1) is 0 Å². The molecule has 0 aromatic carbocycles. The minimum absolute atomic E-state index is 0.197. The average Bonchev–Trinajstić information content (AvgIpc) is 2.55. The van der Waals surface area contributed by atoms with Crippen LogP contribution in [0.5, 0.6) is 0 Å². The number of aliphatic hydroxyl groups excluding tert-OH is 1. The van der Waals surface area contributed by atoms with Gasteiger partial charge in [0.05, 0.1) is 0 Å². The molecule has 0 aromatic heterocycles. The molecular weight excluding hydrogens is 198 g/mol. The van der Waals surface area contributed by atoms with Crippen molar-refractivity contribution in [3.63, 3.8) is 0 Å².